The number of phenols is 1. The molecule has 1 aliphatic rings. The highest BCUT2D eigenvalue weighted by molar-refractivity contribution is 5.92. The Labute approximate surface area is 159 Å². The first-order valence-corrected chi connectivity index (χ1v) is 8.46. The number of fused-ring (bicyclic) bond motifs is 3. The van der Waals surface area contributed by atoms with E-state index in [1.807, 2.05) is 0 Å². The van der Waals surface area contributed by atoms with Crippen LogP contribution in [0.1, 0.15) is 22.6 Å². The number of aryl methyl sites for hydroxylation is 1. The largest absolute Gasteiger partial charge is 0.507 e. The second-order valence-corrected chi connectivity index (χ2v) is 6.46. The first-order chi connectivity index (χ1) is 13.4. The van der Waals surface area contributed by atoms with Crippen molar-refractivity contribution in [1.29, 1.82) is 5.26 Å². The van der Waals surface area contributed by atoms with Crippen molar-refractivity contribution in [2.75, 3.05) is 7.11 Å². The van der Waals surface area contributed by atoms with Gasteiger partial charge in [-0.15, -0.1) is 0 Å². The third-order valence-electron chi connectivity index (χ3n) is 4.82. The monoisotopic (exact) mass is 376 g/mol. The molecule has 3 aromatic rings. The van der Waals surface area contributed by atoms with E-state index >= 15 is 0 Å². The highest BCUT2D eigenvalue weighted by Crippen LogP contribution is 2.48. The van der Waals surface area contributed by atoms with Crippen molar-refractivity contribution < 1.29 is 19.0 Å². The van der Waals surface area contributed by atoms with Gasteiger partial charge in [-0.2, -0.15) is 5.26 Å². The Morgan fingerprint density at radius 1 is 1.25 bits per heavy atom. The number of nitrogens with two attached hydrogens (primary N) is 1. The molecule has 1 unspecified atom stereocenters. The number of aromatic hydroxyl groups is 1. The number of methoxy groups -OCH3 is 1. The number of allylic oxidation sites excluding steroid dienone is 1. The first kappa shape index (κ1) is 17.5. The maximum absolute atomic E-state index is 12.0. The molecule has 2 aromatic carbocycles. The fraction of sp³-hybridized carbons (Fsp3) is 0.143. The molecule has 0 fully saturated rings. The summed E-state index contributed by atoms with van der Waals surface area (Å²) in [4.78, 5) is 12.0. The van der Waals surface area contributed by atoms with Crippen LogP contribution in [-0.4, -0.2) is 12.2 Å². The number of ether oxygens (including phenoxy) is 2. The van der Waals surface area contributed by atoms with Crippen molar-refractivity contribution in [1.82, 2.24) is 0 Å². The van der Waals surface area contributed by atoms with Crippen LogP contribution < -0.4 is 20.8 Å². The predicted molar refractivity (Wildman–Crippen MR) is 101 cm³/mol. The van der Waals surface area contributed by atoms with Crippen LogP contribution in [0.25, 0.3) is 11.0 Å². The Bertz CT molecular complexity index is 1230. The average Bonchev–Trinajstić information content (AvgIpc) is 2.66. The Morgan fingerprint density at radius 2 is 1.96 bits per heavy atom. The number of hydrogen-bond donors (Lipinski definition) is 2. The quantitative estimate of drug-likeness (QED) is 0.660. The molecule has 1 aromatic heterocycles. The first-order valence-electron chi connectivity index (χ1n) is 8.46. The molecule has 0 aliphatic carbocycles. The minimum atomic E-state index is -0.632. The van der Waals surface area contributed by atoms with E-state index < -0.39 is 11.5 Å². The van der Waals surface area contributed by atoms with Gasteiger partial charge in [0.2, 0.25) is 5.88 Å². The van der Waals surface area contributed by atoms with E-state index in [0.717, 1.165) is 5.56 Å². The highest BCUT2D eigenvalue weighted by atomic mass is 16.5. The molecule has 0 saturated heterocycles. The molecule has 3 N–H and O–H groups in total. The molecule has 0 spiro atoms. The van der Waals surface area contributed by atoms with Crippen LogP contribution in [0.3, 0.4) is 0 Å². The lowest BCUT2D eigenvalue weighted by Gasteiger charge is -2.27. The van der Waals surface area contributed by atoms with Gasteiger partial charge < -0.3 is 24.7 Å². The maximum atomic E-state index is 12.0. The molecule has 0 radical (unpaired) electrons. The summed E-state index contributed by atoms with van der Waals surface area (Å²) in [7, 11) is 1.56. The second kappa shape index (κ2) is 6.35. The van der Waals surface area contributed by atoms with Crippen molar-refractivity contribution in [3.05, 3.63) is 75.0 Å². The molecule has 2 heterocycles. The van der Waals surface area contributed by atoms with Gasteiger partial charge in [0.1, 0.15) is 34.5 Å². The van der Waals surface area contributed by atoms with Gasteiger partial charge >= 0.3 is 5.63 Å². The van der Waals surface area contributed by atoms with Crippen molar-refractivity contribution in [3.8, 4) is 23.3 Å². The molecule has 0 saturated carbocycles. The standard InChI is InChI=1S/C21H16N2O5/c1-10-7-16(25)28-20-17(10)14(24)8-15-19(20)18(13(9-22)21(23)27-15)11-3-5-12(26-2)6-4-11/h3-8,18,24H,23H2,1-2H3. The van der Waals surface area contributed by atoms with Gasteiger partial charge in [-0.3, -0.25) is 0 Å². The molecule has 1 aliphatic heterocycles. The molecule has 0 amide bonds. The summed E-state index contributed by atoms with van der Waals surface area (Å²) in [6.07, 6.45) is 0. The minimum Gasteiger partial charge on any atom is -0.507 e. The van der Waals surface area contributed by atoms with Crippen LogP contribution in [0.2, 0.25) is 0 Å². The van der Waals surface area contributed by atoms with E-state index in [1.54, 1.807) is 38.3 Å². The number of phenolic OH excluding ortho intramolecular Hbond substituents is 1. The molecular formula is C21H16N2O5. The molecule has 7 heteroatoms. The molecule has 7 nitrogen and oxygen atoms in total. The number of hydrogen-bond acceptors (Lipinski definition) is 7. The lowest BCUT2D eigenvalue weighted by molar-refractivity contribution is 0.387. The van der Waals surface area contributed by atoms with E-state index in [4.69, 9.17) is 19.6 Å². The Kier molecular flexibility index (Phi) is 3.97. The Hall–Kier alpha value is -3.92. The molecule has 4 rings (SSSR count). The minimum absolute atomic E-state index is 0.0652. The van der Waals surface area contributed by atoms with Gasteiger partial charge in [-0.25, -0.2) is 4.79 Å². The van der Waals surface area contributed by atoms with Gasteiger partial charge in [-0.05, 0) is 30.2 Å². The normalized spacial score (nSPS) is 15.7. The summed E-state index contributed by atoms with van der Waals surface area (Å²) in [5.41, 5.74) is 7.53. The fourth-order valence-corrected chi connectivity index (χ4v) is 3.57. The smallest absolute Gasteiger partial charge is 0.336 e. The number of rotatable bonds is 2. The van der Waals surface area contributed by atoms with Crippen molar-refractivity contribution in [3.63, 3.8) is 0 Å². The Morgan fingerprint density at radius 3 is 2.61 bits per heavy atom. The summed E-state index contributed by atoms with van der Waals surface area (Å²) >= 11 is 0. The molecule has 1 atom stereocenters. The van der Waals surface area contributed by atoms with E-state index in [2.05, 4.69) is 6.07 Å². The van der Waals surface area contributed by atoms with E-state index in [0.29, 0.717) is 22.3 Å². The molecular weight excluding hydrogens is 360 g/mol. The lowest BCUT2D eigenvalue weighted by Crippen LogP contribution is -2.21. The summed E-state index contributed by atoms with van der Waals surface area (Å²) in [5.74, 6) is 0.0921. The van der Waals surface area contributed by atoms with Crippen molar-refractivity contribution >= 4 is 11.0 Å². The van der Waals surface area contributed by atoms with Crippen molar-refractivity contribution in [2.45, 2.75) is 12.8 Å². The van der Waals surface area contributed by atoms with Crippen LogP contribution in [0, 0.1) is 18.3 Å². The maximum Gasteiger partial charge on any atom is 0.336 e. The zero-order chi connectivity index (χ0) is 20.0. The van der Waals surface area contributed by atoms with Gasteiger partial charge in [0.25, 0.3) is 0 Å². The second-order valence-electron chi connectivity index (χ2n) is 6.46. The van der Waals surface area contributed by atoms with Crippen LogP contribution in [0.15, 0.2) is 57.1 Å². The summed E-state index contributed by atoms with van der Waals surface area (Å²) in [5, 5.41) is 20.6. The average molecular weight is 376 g/mol. The summed E-state index contributed by atoms with van der Waals surface area (Å²) in [6, 6.07) is 11.9. The number of benzene rings is 2. The SMILES string of the molecule is COc1ccc(C2C(C#N)=C(N)Oc3cc(O)c4c(C)cc(=O)oc4c32)cc1. The molecule has 0 bridgehead atoms. The zero-order valence-corrected chi connectivity index (χ0v) is 15.1. The topological polar surface area (TPSA) is 119 Å². The van der Waals surface area contributed by atoms with Gasteiger partial charge in [0, 0.05) is 12.1 Å². The number of nitriles is 1. The number of nitrogens with zero attached hydrogens (tertiary/aromatic N) is 1. The summed E-state index contributed by atoms with van der Waals surface area (Å²) < 4.78 is 16.2. The third-order valence-corrected chi connectivity index (χ3v) is 4.82. The van der Waals surface area contributed by atoms with Crippen LogP contribution in [-0.2, 0) is 0 Å². The summed E-state index contributed by atoms with van der Waals surface area (Å²) in [6.45, 7) is 1.70. The highest BCUT2D eigenvalue weighted by Gasteiger charge is 2.34. The molecule has 140 valence electrons. The van der Waals surface area contributed by atoms with Gasteiger partial charge in [0.05, 0.1) is 24.0 Å². The van der Waals surface area contributed by atoms with Gasteiger partial charge in [-0.1, -0.05) is 12.1 Å². The Balaban J connectivity index is 2.10. The lowest BCUT2D eigenvalue weighted by atomic mass is 9.82. The van der Waals surface area contributed by atoms with Crippen LogP contribution in [0.5, 0.6) is 17.2 Å². The van der Waals surface area contributed by atoms with E-state index in [-0.39, 0.29) is 28.5 Å². The third kappa shape index (κ3) is 2.55. The van der Waals surface area contributed by atoms with E-state index in [9.17, 15) is 15.2 Å². The predicted octanol–water partition coefficient (Wildman–Crippen LogP) is 3.03. The van der Waals surface area contributed by atoms with Crippen LogP contribution >= 0.6 is 0 Å². The molecule has 28 heavy (non-hydrogen) atoms. The fourth-order valence-electron chi connectivity index (χ4n) is 3.57. The van der Waals surface area contributed by atoms with Gasteiger partial charge in [0.15, 0.2) is 0 Å². The van der Waals surface area contributed by atoms with Crippen LogP contribution in [0.4, 0.5) is 0 Å². The zero-order valence-electron chi connectivity index (χ0n) is 15.1. The van der Waals surface area contributed by atoms with E-state index in [1.165, 1.54) is 12.1 Å². The van der Waals surface area contributed by atoms with Crippen molar-refractivity contribution in [2.24, 2.45) is 5.73 Å².